The lowest BCUT2D eigenvalue weighted by atomic mass is 10.0. The summed E-state index contributed by atoms with van der Waals surface area (Å²) in [6.45, 7) is 6.04. The number of amides is 1. The molecule has 0 aromatic heterocycles. The smallest absolute Gasteiger partial charge is 0.265 e. The summed E-state index contributed by atoms with van der Waals surface area (Å²) in [6, 6.07) is 4.47. The van der Waals surface area contributed by atoms with E-state index in [2.05, 4.69) is 10.0 Å². The molecule has 0 saturated heterocycles. The van der Waals surface area contributed by atoms with E-state index in [0.717, 1.165) is 0 Å². The van der Waals surface area contributed by atoms with Gasteiger partial charge in [0.2, 0.25) is 10.0 Å². The fourth-order valence-electron chi connectivity index (χ4n) is 2.03. The van der Waals surface area contributed by atoms with E-state index < -0.39 is 16.1 Å². The van der Waals surface area contributed by atoms with Gasteiger partial charge in [0.15, 0.2) is 6.10 Å². The molecule has 7 heteroatoms. The third kappa shape index (κ3) is 3.36. The molecule has 1 aliphatic rings. The van der Waals surface area contributed by atoms with Gasteiger partial charge in [-0.1, -0.05) is 20.8 Å². The molecule has 1 heterocycles. The second kappa shape index (κ2) is 6.03. The highest BCUT2D eigenvalue weighted by atomic mass is 32.2. The molecule has 0 spiro atoms. The molecule has 0 aliphatic carbocycles. The number of carbonyl (C=O) groups is 1. The van der Waals surface area contributed by atoms with Crippen molar-refractivity contribution >= 4 is 21.6 Å². The van der Waals surface area contributed by atoms with Crippen molar-refractivity contribution in [2.75, 3.05) is 11.9 Å². The van der Waals surface area contributed by atoms with Crippen molar-refractivity contribution in [3.63, 3.8) is 0 Å². The summed E-state index contributed by atoms with van der Waals surface area (Å²) in [6.07, 6.45) is 0.151. The van der Waals surface area contributed by atoms with Crippen LogP contribution < -0.4 is 14.8 Å². The van der Waals surface area contributed by atoms with Gasteiger partial charge in [-0.05, 0) is 30.5 Å². The van der Waals surface area contributed by atoms with Gasteiger partial charge in [-0.25, -0.2) is 13.1 Å². The Morgan fingerprint density at radius 3 is 2.71 bits per heavy atom. The van der Waals surface area contributed by atoms with Crippen molar-refractivity contribution in [3.8, 4) is 5.75 Å². The van der Waals surface area contributed by atoms with Crippen LogP contribution in [-0.4, -0.2) is 27.0 Å². The van der Waals surface area contributed by atoms with E-state index in [4.69, 9.17) is 4.74 Å². The van der Waals surface area contributed by atoms with E-state index in [9.17, 15) is 13.2 Å². The number of carbonyl (C=O) groups excluding carboxylic acids is 1. The zero-order valence-corrected chi connectivity index (χ0v) is 13.2. The Morgan fingerprint density at radius 2 is 2.10 bits per heavy atom. The van der Waals surface area contributed by atoms with Crippen LogP contribution in [0.25, 0.3) is 0 Å². The van der Waals surface area contributed by atoms with Crippen LogP contribution >= 0.6 is 0 Å². The Labute approximate surface area is 124 Å². The molecule has 2 rings (SSSR count). The summed E-state index contributed by atoms with van der Waals surface area (Å²) < 4.78 is 32.2. The maximum atomic E-state index is 12.1. The molecular formula is C14H20N2O4S. The van der Waals surface area contributed by atoms with Gasteiger partial charge >= 0.3 is 0 Å². The fraction of sp³-hybridized carbons (Fsp3) is 0.500. The Balaban J connectivity index is 2.29. The molecule has 1 atom stereocenters. The number of nitrogens with one attached hydrogen (secondary N) is 2. The normalized spacial score (nSPS) is 18.1. The van der Waals surface area contributed by atoms with Crippen LogP contribution in [0.2, 0.25) is 0 Å². The monoisotopic (exact) mass is 312 g/mol. The quantitative estimate of drug-likeness (QED) is 0.867. The molecule has 0 saturated carbocycles. The molecule has 0 radical (unpaired) electrons. The number of ether oxygens (including phenoxy) is 1. The zero-order valence-electron chi connectivity index (χ0n) is 12.3. The van der Waals surface area contributed by atoms with Crippen molar-refractivity contribution in [2.45, 2.75) is 38.2 Å². The second-order valence-electron chi connectivity index (χ2n) is 5.33. The maximum Gasteiger partial charge on any atom is 0.265 e. The molecule has 116 valence electrons. The van der Waals surface area contributed by atoms with Crippen LogP contribution in [0.3, 0.4) is 0 Å². The minimum Gasteiger partial charge on any atom is -0.478 e. The average molecular weight is 312 g/mol. The summed E-state index contributed by atoms with van der Waals surface area (Å²) >= 11 is 0. The lowest BCUT2D eigenvalue weighted by Gasteiger charge is -2.28. The first-order chi connectivity index (χ1) is 9.85. The van der Waals surface area contributed by atoms with Crippen molar-refractivity contribution < 1.29 is 17.9 Å². The van der Waals surface area contributed by atoms with Crippen LogP contribution in [0, 0.1) is 5.92 Å². The number of hydrogen-bond donors (Lipinski definition) is 2. The van der Waals surface area contributed by atoms with E-state index in [0.29, 0.717) is 24.4 Å². The Morgan fingerprint density at radius 1 is 1.38 bits per heavy atom. The maximum absolute atomic E-state index is 12.1. The number of sulfonamides is 1. The third-order valence-electron chi connectivity index (χ3n) is 3.18. The van der Waals surface area contributed by atoms with Crippen molar-refractivity contribution in [1.82, 2.24) is 4.72 Å². The second-order valence-corrected chi connectivity index (χ2v) is 7.09. The van der Waals surface area contributed by atoms with Crippen LogP contribution in [0.15, 0.2) is 23.1 Å². The van der Waals surface area contributed by atoms with Gasteiger partial charge in [0.25, 0.3) is 5.91 Å². The van der Waals surface area contributed by atoms with Crippen LogP contribution in [-0.2, 0) is 14.8 Å². The highest BCUT2D eigenvalue weighted by Gasteiger charge is 2.31. The van der Waals surface area contributed by atoms with Crippen LogP contribution in [0.5, 0.6) is 5.75 Å². The van der Waals surface area contributed by atoms with Crippen molar-refractivity contribution in [2.24, 2.45) is 5.92 Å². The van der Waals surface area contributed by atoms with E-state index in [1.165, 1.54) is 12.1 Å². The van der Waals surface area contributed by atoms with Gasteiger partial charge < -0.3 is 10.1 Å². The van der Waals surface area contributed by atoms with E-state index >= 15 is 0 Å². The van der Waals surface area contributed by atoms with Gasteiger partial charge in [-0.15, -0.1) is 0 Å². The topological polar surface area (TPSA) is 84.5 Å². The molecule has 2 N–H and O–H groups in total. The molecule has 0 fully saturated rings. The SMILES string of the molecule is CCCNS(=O)(=O)c1ccc2c(c1)NC(=O)C(C(C)C)O2. The van der Waals surface area contributed by atoms with E-state index in [1.807, 2.05) is 20.8 Å². The van der Waals surface area contributed by atoms with Gasteiger partial charge in [-0.3, -0.25) is 4.79 Å². The van der Waals surface area contributed by atoms with Crippen LogP contribution in [0.1, 0.15) is 27.2 Å². The molecular weight excluding hydrogens is 292 g/mol. The highest BCUT2D eigenvalue weighted by Crippen LogP contribution is 2.33. The summed E-state index contributed by atoms with van der Waals surface area (Å²) in [5.41, 5.74) is 0.385. The first-order valence-corrected chi connectivity index (χ1v) is 8.44. The Bertz CT molecular complexity index is 640. The van der Waals surface area contributed by atoms with E-state index in [1.54, 1.807) is 6.07 Å². The van der Waals surface area contributed by atoms with E-state index in [-0.39, 0.29) is 16.7 Å². The number of anilines is 1. The zero-order chi connectivity index (χ0) is 15.6. The van der Waals surface area contributed by atoms with Crippen molar-refractivity contribution in [3.05, 3.63) is 18.2 Å². The summed E-state index contributed by atoms with van der Waals surface area (Å²) in [4.78, 5) is 12.0. The summed E-state index contributed by atoms with van der Waals surface area (Å²) in [7, 11) is -3.56. The number of hydrogen-bond acceptors (Lipinski definition) is 4. The van der Waals surface area contributed by atoms with Gasteiger partial charge in [0, 0.05) is 6.54 Å². The lowest BCUT2D eigenvalue weighted by molar-refractivity contribution is -0.125. The molecule has 0 bridgehead atoms. The first kappa shape index (κ1) is 15.8. The first-order valence-electron chi connectivity index (χ1n) is 6.96. The molecule has 1 aromatic carbocycles. The predicted octanol–water partition coefficient (Wildman–Crippen LogP) is 1.73. The van der Waals surface area contributed by atoms with Gasteiger partial charge in [0.1, 0.15) is 5.75 Å². The standard InChI is InChI=1S/C14H20N2O4S/c1-4-7-15-21(18,19)10-5-6-12-11(8-10)16-14(17)13(20-12)9(2)3/h5-6,8-9,13,15H,4,7H2,1-3H3,(H,16,17). The Hall–Kier alpha value is -1.60. The minimum absolute atomic E-state index is 0.0350. The molecule has 6 nitrogen and oxygen atoms in total. The van der Waals surface area contributed by atoms with Crippen molar-refractivity contribution in [1.29, 1.82) is 0 Å². The molecule has 21 heavy (non-hydrogen) atoms. The lowest BCUT2D eigenvalue weighted by Crippen LogP contribution is -2.40. The predicted molar refractivity (Wildman–Crippen MR) is 79.8 cm³/mol. The number of benzene rings is 1. The van der Waals surface area contributed by atoms with Crippen LogP contribution in [0.4, 0.5) is 5.69 Å². The molecule has 1 aliphatic heterocycles. The number of fused-ring (bicyclic) bond motifs is 1. The molecule has 1 amide bonds. The Kier molecular flexibility index (Phi) is 4.53. The number of rotatable bonds is 5. The summed E-state index contributed by atoms with van der Waals surface area (Å²) in [5.74, 6) is 0.268. The van der Waals surface area contributed by atoms with Gasteiger partial charge in [0.05, 0.1) is 10.6 Å². The third-order valence-corrected chi connectivity index (χ3v) is 4.64. The molecule has 1 aromatic rings. The average Bonchev–Trinajstić information content (AvgIpc) is 2.43. The minimum atomic E-state index is -3.56. The fourth-order valence-corrected chi connectivity index (χ4v) is 3.19. The van der Waals surface area contributed by atoms with Gasteiger partial charge in [-0.2, -0.15) is 0 Å². The largest absolute Gasteiger partial charge is 0.478 e. The molecule has 1 unspecified atom stereocenters. The highest BCUT2D eigenvalue weighted by molar-refractivity contribution is 7.89. The summed E-state index contributed by atoms with van der Waals surface area (Å²) in [5, 5.41) is 2.70.